The summed E-state index contributed by atoms with van der Waals surface area (Å²) in [5.41, 5.74) is 0. The summed E-state index contributed by atoms with van der Waals surface area (Å²) >= 11 is 0. The van der Waals surface area contributed by atoms with Gasteiger partial charge in [0, 0.05) is 37.1 Å². The van der Waals surface area contributed by atoms with Crippen LogP contribution in [0.4, 0.5) is 0 Å². The van der Waals surface area contributed by atoms with Gasteiger partial charge in [-0.15, -0.1) is 0 Å². The van der Waals surface area contributed by atoms with Crippen LogP contribution in [0.1, 0.15) is 0 Å². The second-order valence-electron chi connectivity index (χ2n) is 2.85. The van der Waals surface area contributed by atoms with Crippen LogP contribution in [0.25, 0.3) is 0 Å². The van der Waals surface area contributed by atoms with Crippen molar-refractivity contribution in [2.45, 2.75) is 0 Å². The van der Waals surface area contributed by atoms with Crippen LogP contribution in [0.3, 0.4) is 0 Å². The lowest BCUT2D eigenvalue weighted by atomic mass is 10.7. The monoisotopic (exact) mass is 254 g/mol. The third-order valence-electron chi connectivity index (χ3n) is 1.64. The van der Waals surface area contributed by atoms with E-state index in [2.05, 4.69) is 24.3 Å². The lowest BCUT2D eigenvalue weighted by molar-refractivity contribution is 0.289. The van der Waals surface area contributed by atoms with Gasteiger partial charge >= 0.3 is 0 Å². The smallest absolute Gasteiger partial charge is 0.210 e. The van der Waals surface area contributed by atoms with E-state index < -0.39 is 0 Å². The first-order chi connectivity index (χ1) is 6.66. The molecule has 0 aromatic heterocycles. The average molecular weight is 254 g/mol. The van der Waals surface area contributed by atoms with Gasteiger partial charge in [0.05, 0.1) is 17.8 Å². The van der Waals surface area contributed by atoms with Gasteiger partial charge in [-0.2, -0.15) is 4.55 Å². The fourth-order valence-electron chi connectivity index (χ4n) is 1.09. The van der Waals surface area contributed by atoms with Crippen LogP contribution in [-0.4, -0.2) is 48.6 Å². The zero-order valence-corrected chi connectivity index (χ0v) is 11.8. The number of hydrazine groups is 1. The van der Waals surface area contributed by atoms with Crippen LogP contribution in [-0.2, 0) is 0 Å². The fraction of sp³-hybridized carbons (Fsp3) is 0.800. The largest absolute Gasteiger partial charge is 0.348 e. The van der Waals surface area contributed by atoms with Crippen molar-refractivity contribution in [1.82, 2.24) is 24.2 Å². The molecular formula is C5H17N6P3. The minimum atomic E-state index is 0.626. The van der Waals surface area contributed by atoms with Crippen LogP contribution in [0, 0.1) is 0 Å². The minimum absolute atomic E-state index is 0.626. The Balaban J connectivity index is 2.57. The van der Waals surface area contributed by atoms with Gasteiger partial charge in [0.2, 0.25) is 5.96 Å². The summed E-state index contributed by atoms with van der Waals surface area (Å²) < 4.78 is 2.21. The Morgan fingerprint density at radius 3 is 2.21 bits per heavy atom. The molecule has 0 bridgehead atoms. The number of nitrogens with one attached hydrogen (secondary N) is 2. The first-order valence-corrected chi connectivity index (χ1v) is 7.00. The third kappa shape index (κ3) is 3.23. The third-order valence-corrected chi connectivity index (χ3v) is 5.23. The van der Waals surface area contributed by atoms with Gasteiger partial charge in [-0.05, 0) is 0 Å². The first kappa shape index (κ1) is 12.5. The maximum atomic E-state index is 4.25. The molecule has 0 aromatic rings. The Hall–Kier alpha value is 0.440. The van der Waals surface area contributed by atoms with Crippen LogP contribution in [0.2, 0.25) is 0 Å². The molecule has 6 nitrogen and oxygen atoms in total. The van der Waals surface area contributed by atoms with E-state index in [0.717, 1.165) is 5.96 Å². The van der Waals surface area contributed by atoms with E-state index in [0.29, 0.717) is 26.6 Å². The summed E-state index contributed by atoms with van der Waals surface area (Å²) in [6.45, 7) is 0. The molecule has 1 aliphatic rings. The molecule has 1 rings (SSSR count). The number of nitrogens with zero attached hydrogens (tertiary/aromatic N) is 4. The van der Waals surface area contributed by atoms with Gasteiger partial charge in [0.1, 0.15) is 0 Å². The molecule has 0 saturated carbocycles. The molecule has 0 spiro atoms. The minimum Gasteiger partial charge on any atom is -0.348 e. The van der Waals surface area contributed by atoms with Crippen LogP contribution < -0.4 is 9.72 Å². The summed E-state index contributed by atoms with van der Waals surface area (Å²) in [4.78, 5) is 12.8. The molecule has 14 heavy (non-hydrogen) atoms. The van der Waals surface area contributed by atoms with Gasteiger partial charge in [-0.1, -0.05) is 0 Å². The second-order valence-corrected chi connectivity index (χ2v) is 6.84. The Bertz CT molecular complexity index is 204. The lowest BCUT2D eigenvalue weighted by Gasteiger charge is -2.37. The van der Waals surface area contributed by atoms with Gasteiger partial charge in [0.25, 0.3) is 0 Å². The summed E-state index contributed by atoms with van der Waals surface area (Å²) in [6, 6.07) is 0. The van der Waals surface area contributed by atoms with E-state index in [1.807, 2.05) is 33.1 Å². The van der Waals surface area contributed by atoms with Crippen molar-refractivity contribution in [3.63, 3.8) is 0 Å². The highest BCUT2D eigenvalue weighted by molar-refractivity contribution is 7.65. The fourth-order valence-corrected chi connectivity index (χ4v) is 4.91. The molecule has 2 unspecified atom stereocenters. The SMILES string of the molecule is CN=C(N(C)C)N(C)N1PNPNP1. The maximum absolute atomic E-state index is 4.25. The molecule has 2 N–H and O–H groups in total. The van der Waals surface area contributed by atoms with Crippen molar-refractivity contribution < 1.29 is 0 Å². The highest BCUT2D eigenvalue weighted by atomic mass is 31.2. The van der Waals surface area contributed by atoms with E-state index in [4.69, 9.17) is 0 Å². The van der Waals surface area contributed by atoms with Crippen molar-refractivity contribution in [3.05, 3.63) is 0 Å². The molecule has 1 fully saturated rings. The Morgan fingerprint density at radius 2 is 1.79 bits per heavy atom. The van der Waals surface area contributed by atoms with Gasteiger partial charge in [-0.25, -0.2) is 0 Å². The summed E-state index contributed by atoms with van der Waals surface area (Å²) in [7, 11) is 9.76. The van der Waals surface area contributed by atoms with Crippen LogP contribution in [0.15, 0.2) is 4.99 Å². The zero-order chi connectivity index (χ0) is 10.6. The van der Waals surface area contributed by atoms with Crippen molar-refractivity contribution >= 4 is 32.6 Å². The molecule has 1 aliphatic heterocycles. The summed E-state index contributed by atoms with van der Waals surface area (Å²) in [5, 5.41) is 2.07. The summed E-state index contributed by atoms with van der Waals surface area (Å²) in [5.74, 6) is 0.957. The van der Waals surface area contributed by atoms with Crippen molar-refractivity contribution in [2.24, 2.45) is 4.99 Å². The Kier molecular flexibility index (Phi) is 5.47. The van der Waals surface area contributed by atoms with Crippen LogP contribution >= 0.6 is 26.6 Å². The molecule has 0 radical (unpaired) electrons. The molecule has 0 aromatic carbocycles. The highest BCUT2D eigenvalue weighted by Crippen LogP contribution is 2.38. The normalized spacial score (nSPS) is 24.7. The average Bonchev–Trinajstić information content (AvgIpc) is 2.19. The zero-order valence-electron chi connectivity index (χ0n) is 8.79. The molecule has 0 amide bonds. The predicted octanol–water partition coefficient (Wildman–Crippen LogP) is 0.401. The van der Waals surface area contributed by atoms with E-state index in [1.165, 1.54) is 0 Å². The van der Waals surface area contributed by atoms with Crippen molar-refractivity contribution in [2.75, 3.05) is 28.2 Å². The lowest BCUT2D eigenvalue weighted by Crippen LogP contribution is -2.44. The quantitative estimate of drug-likeness (QED) is 0.403. The summed E-state index contributed by atoms with van der Waals surface area (Å²) in [6.07, 6.45) is 0. The van der Waals surface area contributed by atoms with E-state index in [9.17, 15) is 0 Å². The maximum Gasteiger partial charge on any atom is 0.210 e. The topological polar surface area (TPSA) is 46.1 Å². The molecule has 9 heteroatoms. The Morgan fingerprint density at radius 1 is 1.21 bits per heavy atom. The molecule has 2 atom stereocenters. The number of aliphatic imine (C=N–C) groups is 1. The predicted molar refractivity (Wildman–Crippen MR) is 67.9 cm³/mol. The number of hydrogen-bond donors (Lipinski definition) is 2. The number of rotatable bonds is 1. The van der Waals surface area contributed by atoms with Crippen LogP contribution in [0.5, 0.6) is 0 Å². The molecule has 1 saturated heterocycles. The first-order valence-electron chi connectivity index (χ1n) is 4.11. The standard InChI is InChI=1S/C5H17N6P3/c1-6-5(9(2)3)10(4)11-13-7-12-8-14-11/h7-8,12-14H,1-4H3. The molecule has 1 heterocycles. The van der Waals surface area contributed by atoms with E-state index in [1.54, 1.807) is 0 Å². The van der Waals surface area contributed by atoms with Gasteiger partial charge < -0.3 is 4.90 Å². The van der Waals surface area contributed by atoms with E-state index >= 15 is 0 Å². The number of hydrogen-bond acceptors (Lipinski definition) is 4. The van der Waals surface area contributed by atoms with E-state index in [-0.39, 0.29) is 0 Å². The second kappa shape index (κ2) is 6.12. The van der Waals surface area contributed by atoms with Crippen molar-refractivity contribution in [1.29, 1.82) is 0 Å². The van der Waals surface area contributed by atoms with Crippen molar-refractivity contribution in [3.8, 4) is 0 Å². The van der Waals surface area contributed by atoms with Gasteiger partial charge in [-0.3, -0.25) is 19.7 Å². The Labute approximate surface area is 90.5 Å². The molecule has 0 aliphatic carbocycles. The highest BCUT2D eigenvalue weighted by Gasteiger charge is 2.18. The number of guanidine groups is 1. The molecular weight excluding hydrogens is 237 g/mol. The van der Waals surface area contributed by atoms with Gasteiger partial charge in [0.15, 0.2) is 0 Å². The molecule has 82 valence electrons.